The number of aryl methyl sites for hydroxylation is 1. The van der Waals surface area contributed by atoms with Gasteiger partial charge in [-0.2, -0.15) is 10.3 Å². The zero-order valence-electron chi connectivity index (χ0n) is 25.5. The van der Waals surface area contributed by atoms with Gasteiger partial charge in [0, 0.05) is 69.6 Å². The predicted octanol–water partition coefficient (Wildman–Crippen LogP) is 1.43. The second kappa shape index (κ2) is 13.4. The second-order valence-corrected chi connectivity index (χ2v) is 12.0. The highest BCUT2D eigenvalue weighted by atomic mass is 16.2. The molecule has 2 aliphatic rings. The first-order chi connectivity index (χ1) is 20.7. The molecule has 0 spiro atoms. The number of nitrogens with zero attached hydrogens (tertiary/aromatic N) is 8. The lowest BCUT2D eigenvalue weighted by molar-refractivity contribution is -0.141. The Labute approximate surface area is 252 Å². The maximum atomic E-state index is 13.4. The molecule has 2 N–H and O–H groups in total. The maximum absolute atomic E-state index is 13.4. The number of hydrogen-bond donors (Lipinski definition) is 2. The average molecular weight is 591 g/mol. The molecule has 1 unspecified atom stereocenters. The highest BCUT2D eigenvalue weighted by molar-refractivity contribution is 5.94. The molecule has 3 heterocycles. The second-order valence-electron chi connectivity index (χ2n) is 12.0. The Morgan fingerprint density at radius 2 is 1.81 bits per heavy atom. The number of fused-ring (bicyclic) bond motifs is 1. The first kappa shape index (κ1) is 30.3. The van der Waals surface area contributed by atoms with Crippen LogP contribution in [0.2, 0.25) is 0 Å². The molecular formula is C30H42N10O3. The third kappa shape index (κ3) is 7.27. The molecule has 0 radical (unpaired) electrons. The molecule has 1 atom stereocenters. The van der Waals surface area contributed by atoms with Gasteiger partial charge in [0.05, 0.1) is 6.54 Å². The van der Waals surface area contributed by atoms with E-state index in [9.17, 15) is 14.4 Å². The minimum Gasteiger partial charge on any atom is -0.349 e. The van der Waals surface area contributed by atoms with E-state index in [0.29, 0.717) is 63.5 Å². The summed E-state index contributed by atoms with van der Waals surface area (Å²) in [6, 6.07) is 7.92. The van der Waals surface area contributed by atoms with Gasteiger partial charge in [-0.05, 0) is 48.9 Å². The van der Waals surface area contributed by atoms with Crippen molar-refractivity contribution >= 4 is 17.7 Å². The molecule has 3 amide bonds. The summed E-state index contributed by atoms with van der Waals surface area (Å²) in [4.78, 5) is 45.9. The number of nitrogens with one attached hydrogen (secondary N) is 2. The van der Waals surface area contributed by atoms with E-state index >= 15 is 0 Å². The number of likely N-dealkylation sites (N-methyl/N-ethyl adjacent to an activating group) is 1. The van der Waals surface area contributed by atoms with Gasteiger partial charge in [-0.1, -0.05) is 38.1 Å². The van der Waals surface area contributed by atoms with Crippen molar-refractivity contribution < 1.29 is 14.4 Å². The number of hydrogen-bond acceptors (Lipinski definition) is 8. The lowest BCUT2D eigenvalue weighted by Crippen LogP contribution is -2.47. The van der Waals surface area contributed by atoms with Gasteiger partial charge in [0.1, 0.15) is 0 Å². The molecule has 2 aromatic heterocycles. The summed E-state index contributed by atoms with van der Waals surface area (Å²) in [5, 5.41) is 21.8. The molecule has 0 saturated carbocycles. The Kier molecular flexibility index (Phi) is 9.49. The van der Waals surface area contributed by atoms with Gasteiger partial charge < -0.3 is 15.1 Å². The summed E-state index contributed by atoms with van der Waals surface area (Å²) in [7, 11) is 3.69. The van der Waals surface area contributed by atoms with Crippen LogP contribution in [0, 0.1) is 5.92 Å². The quantitative estimate of drug-likeness (QED) is 0.454. The lowest BCUT2D eigenvalue weighted by Gasteiger charge is -2.34. The third-order valence-corrected chi connectivity index (χ3v) is 8.39. The van der Waals surface area contributed by atoms with Gasteiger partial charge in [0.25, 0.3) is 5.91 Å². The number of carbonyl (C=O) groups excluding carboxylic acids is 3. The van der Waals surface area contributed by atoms with Crippen LogP contribution in [0.25, 0.3) is 11.4 Å². The fourth-order valence-corrected chi connectivity index (χ4v) is 6.05. The number of tetrazole rings is 1. The lowest BCUT2D eigenvalue weighted by atomic mass is 9.90. The van der Waals surface area contributed by atoms with Crippen LogP contribution in [0.15, 0.2) is 24.3 Å². The van der Waals surface area contributed by atoms with Crippen molar-refractivity contribution in [1.29, 1.82) is 0 Å². The standard InChI is InChI=1S/C30H42N10O3/c1-20(2)17-40-19-27(42)37(3)23-11-12-25-24(16-23)28(34-38(25)4)30(43)31-13-15-39(14-5-6-26(40)41)18-21-7-9-22(10-8-21)29-32-35-36-33-29/h7-10,20,23H,5-6,11-19H2,1-4H3,(H,31,43)(H,32,33,35,36). The van der Waals surface area contributed by atoms with E-state index in [1.54, 1.807) is 14.5 Å². The van der Waals surface area contributed by atoms with Gasteiger partial charge in [-0.15, -0.1) is 10.2 Å². The van der Waals surface area contributed by atoms with E-state index in [1.807, 2.05) is 38.4 Å². The van der Waals surface area contributed by atoms with Gasteiger partial charge in [-0.3, -0.25) is 24.0 Å². The van der Waals surface area contributed by atoms with Crippen molar-refractivity contribution in [2.45, 2.75) is 58.5 Å². The smallest absolute Gasteiger partial charge is 0.272 e. The number of amides is 3. The van der Waals surface area contributed by atoms with Crippen molar-refractivity contribution in [2.24, 2.45) is 13.0 Å². The largest absolute Gasteiger partial charge is 0.349 e. The third-order valence-electron chi connectivity index (χ3n) is 8.39. The summed E-state index contributed by atoms with van der Waals surface area (Å²) in [5.74, 6) is 0.506. The van der Waals surface area contributed by atoms with E-state index in [2.05, 4.69) is 49.8 Å². The van der Waals surface area contributed by atoms with Crippen LogP contribution < -0.4 is 5.32 Å². The molecule has 3 aromatic rings. The molecule has 1 aromatic carbocycles. The van der Waals surface area contributed by atoms with Crippen LogP contribution >= 0.6 is 0 Å². The van der Waals surface area contributed by atoms with E-state index in [-0.39, 0.29) is 36.2 Å². The van der Waals surface area contributed by atoms with Gasteiger partial charge in [0.15, 0.2) is 5.69 Å². The molecule has 1 aliphatic heterocycles. The Balaban J connectivity index is 1.36. The number of rotatable bonds is 5. The van der Waals surface area contributed by atoms with Crippen LogP contribution in [0.3, 0.4) is 0 Å². The molecule has 13 heteroatoms. The summed E-state index contributed by atoms with van der Waals surface area (Å²) >= 11 is 0. The zero-order valence-corrected chi connectivity index (χ0v) is 25.5. The normalized spacial score (nSPS) is 19.6. The Hall–Kier alpha value is -4.13. The van der Waals surface area contributed by atoms with Crippen LogP contribution in [-0.4, -0.2) is 109 Å². The summed E-state index contributed by atoms with van der Waals surface area (Å²) < 4.78 is 1.80. The predicted molar refractivity (Wildman–Crippen MR) is 160 cm³/mol. The van der Waals surface area contributed by atoms with Crippen molar-refractivity contribution in [1.82, 2.24) is 50.4 Å². The molecule has 13 nitrogen and oxygen atoms in total. The SMILES string of the molecule is CC(C)CN1CC(=O)N(C)C2CCc3c(c(nn3C)C(=O)NCCN(Cc3ccc(-c4nn[nH]n4)cc3)CCCC1=O)C2. The fourth-order valence-electron chi connectivity index (χ4n) is 6.05. The van der Waals surface area contributed by atoms with Gasteiger partial charge in [-0.25, -0.2) is 0 Å². The van der Waals surface area contributed by atoms with Crippen LogP contribution in [-0.2, 0) is 36.0 Å². The van der Waals surface area contributed by atoms with E-state index in [1.165, 1.54) is 0 Å². The minimum absolute atomic E-state index is 0.00189. The molecule has 5 rings (SSSR count). The number of H-pyrrole nitrogens is 1. The van der Waals surface area contributed by atoms with Gasteiger partial charge >= 0.3 is 0 Å². The van der Waals surface area contributed by atoms with Crippen LogP contribution in [0.1, 0.15) is 60.4 Å². The molecule has 43 heavy (non-hydrogen) atoms. The average Bonchev–Trinajstić information content (AvgIpc) is 3.64. The molecule has 0 fully saturated rings. The van der Waals surface area contributed by atoms with Crippen molar-refractivity contribution in [3.8, 4) is 11.4 Å². The monoisotopic (exact) mass is 590 g/mol. The number of benzene rings is 1. The van der Waals surface area contributed by atoms with Crippen LogP contribution in [0.5, 0.6) is 0 Å². The number of aromatic nitrogens is 6. The van der Waals surface area contributed by atoms with Crippen molar-refractivity contribution in [3.05, 3.63) is 46.8 Å². The maximum Gasteiger partial charge on any atom is 0.272 e. The van der Waals surface area contributed by atoms with Gasteiger partial charge in [0.2, 0.25) is 17.6 Å². The topological polar surface area (TPSA) is 145 Å². The first-order valence-electron chi connectivity index (χ1n) is 15.1. The fraction of sp³-hybridized carbons (Fsp3) is 0.567. The van der Waals surface area contributed by atoms with Crippen molar-refractivity contribution in [2.75, 3.05) is 39.8 Å². The molecule has 2 bridgehead atoms. The molecular weight excluding hydrogens is 548 g/mol. The summed E-state index contributed by atoms with van der Waals surface area (Å²) in [5.41, 5.74) is 4.35. The van der Waals surface area contributed by atoms with Crippen LogP contribution in [0.4, 0.5) is 0 Å². The first-order valence-corrected chi connectivity index (χ1v) is 15.1. The summed E-state index contributed by atoms with van der Waals surface area (Å²) in [6.07, 6.45) is 3.09. The van der Waals surface area contributed by atoms with Crippen molar-refractivity contribution in [3.63, 3.8) is 0 Å². The number of carbonyl (C=O) groups is 3. The van der Waals surface area contributed by atoms with E-state index in [0.717, 1.165) is 35.2 Å². The Bertz CT molecular complexity index is 1420. The highest BCUT2D eigenvalue weighted by Crippen LogP contribution is 2.27. The Morgan fingerprint density at radius 3 is 2.53 bits per heavy atom. The van der Waals surface area contributed by atoms with E-state index < -0.39 is 0 Å². The Morgan fingerprint density at radius 1 is 1.02 bits per heavy atom. The summed E-state index contributed by atoms with van der Waals surface area (Å²) in [6.45, 7) is 7.09. The number of aromatic amines is 1. The molecule has 1 aliphatic carbocycles. The van der Waals surface area contributed by atoms with E-state index in [4.69, 9.17) is 0 Å². The minimum atomic E-state index is -0.196. The molecule has 230 valence electrons. The molecule has 0 saturated heterocycles. The highest BCUT2D eigenvalue weighted by Gasteiger charge is 2.32. The zero-order chi connectivity index (χ0) is 30.5.